The SMILES string of the molecule is C=CC1CC(=O)N(Cc2ccc(OCC)cc2)C1. The Bertz CT molecular complexity index is 425. The summed E-state index contributed by atoms with van der Waals surface area (Å²) in [5, 5.41) is 0. The molecular weight excluding hydrogens is 226 g/mol. The maximum absolute atomic E-state index is 11.8. The number of benzene rings is 1. The van der Waals surface area contributed by atoms with Crippen molar-refractivity contribution in [2.45, 2.75) is 19.9 Å². The molecule has 0 aromatic heterocycles. The standard InChI is InChI=1S/C15H19NO2/c1-3-12-9-15(17)16(10-12)11-13-5-7-14(8-6-13)18-4-2/h3,5-8,12H,1,4,9-11H2,2H3. The number of carbonyl (C=O) groups excluding carboxylic acids is 1. The van der Waals surface area contributed by atoms with Crippen LogP contribution in [0.5, 0.6) is 5.75 Å². The highest BCUT2D eigenvalue weighted by Gasteiger charge is 2.27. The first-order valence-electron chi connectivity index (χ1n) is 6.35. The number of ether oxygens (including phenoxy) is 1. The summed E-state index contributed by atoms with van der Waals surface area (Å²) in [6.45, 7) is 7.85. The van der Waals surface area contributed by atoms with Gasteiger partial charge in [0, 0.05) is 25.4 Å². The average molecular weight is 245 g/mol. The van der Waals surface area contributed by atoms with Gasteiger partial charge in [0.1, 0.15) is 5.75 Å². The predicted octanol–water partition coefficient (Wildman–Crippen LogP) is 2.62. The van der Waals surface area contributed by atoms with Gasteiger partial charge < -0.3 is 9.64 Å². The first kappa shape index (κ1) is 12.7. The van der Waals surface area contributed by atoms with Crippen LogP contribution in [0.1, 0.15) is 18.9 Å². The molecule has 1 fully saturated rings. The second-order valence-electron chi connectivity index (χ2n) is 4.55. The molecule has 0 N–H and O–H groups in total. The van der Waals surface area contributed by atoms with E-state index in [4.69, 9.17) is 4.74 Å². The molecular formula is C15H19NO2. The van der Waals surface area contributed by atoms with Crippen LogP contribution in [0.25, 0.3) is 0 Å². The van der Waals surface area contributed by atoms with E-state index in [1.165, 1.54) is 0 Å². The normalized spacial score (nSPS) is 19.1. The second kappa shape index (κ2) is 5.71. The van der Waals surface area contributed by atoms with Gasteiger partial charge in [-0.2, -0.15) is 0 Å². The smallest absolute Gasteiger partial charge is 0.223 e. The number of carbonyl (C=O) groups is 1. The van der Waals surface area contributed by atoms with Crippen molar-refractivity contribution in [3.63, 3.8) is 0 Å². The van der Waals surface area contributed by atoms with Crippen LogP contribution in [0.15, 0.2) is 36.9 Å². The number of hydrogen-bond donors (Lipinski definition) is 0. The minimum atomic E-state index is 0.216. The van der Waals surface area contributed by atoms with Crippen molar-refractivity contribution in [2.24, 2.45) is 5.92 Å². The first-order valence-corrected chi connectivity index (χ1v) is 6.35. The Morgan fingerprint density at radius 1 is 1.44 bits per heavy atom. The fourth-order valence-corrected chi connectivity index (χ4v) is 2.19. The van der Waals surface area contributed by atoms with Crippen molar-refractivity contribution in [3.05, 3.63) is 42.5 Å². The van der Waals surface area contributed by atoms with Crippen LogP contribution >= 0.6 is 0 Å². The molecule has 1 saturated heterocycles. The van der Waals surface area contributed by atoms with Crippen molar-refractivity contribution in [1.82, 2.24) is 4.90 Å². The number of hydrogen-bond acceptors (Lipinski definition) is 2. The van der Waals surface area contributed by atoms with Crippen LogP contribution < -0.4 is 4.74 Å². The van der Waals surface area contributed by atoms with Gasteiger partial charge in [-0.1, -0.05) is 18.2 Å². The maximum atomic E-state index is 11.8. The molecule has 1 amide bonds. The molecule has 1 atom stereocenters. The van der Waals surface area contributed by atoms with Gasteiger partial charge in [0.2, 0.25) is 5.91 Å². The zero-order valence-corrected chi connectivity index (χ0v) is 10.8. The summed E-state index contributed by atoms with van der Waals surface area (Å²) in [6.07, 6.45) is 2.47. The summed E-state index contributed by atoms with van der Waals surface area (Å²) in [5.74, 6) is 1.40. The van der Waals surface area contributed by atoms with Crippen molar-refractivity contribution < 1.29 is 9.53 Å². The van der Waals surface area contributed by atoms with Gasteiger partial charge in [-0.15, -0.1) is 6.58 Å². The van der Waals surface area contributed by atoms with Crippen LogP contribution in [0.2, 0.25) is 0 Å². The predicted molar refractivity (Wildman–Crippen MR) is 71.3 cm³/mol. The minimum Gasteiger partial charge on any atom is -0.494 e. The Kier molecular flexibility index (Phi) is 4.03. The fourth-order valence-electron chi connectivity index (χ4n) is 2.19. The molecule has 0 bridgehead atoms. The van der Waals surface area contributed by atoms with Crippen LogP contribution in [0, 0.1) is 5.92 Å². The van der Waals surface area contributed by atoms with E-state index in [0.29, 0.717) is 25.5 Å². The van der Waals surface area contributed by atoms with Gasteiger partial charge in [-0.25, -0.2) is 0 Å². The maximum Gasteiger partial charge on any atom is 0.223 e. The molecule has 0 spiro atoms. The van der Waals surface area contributed by atoms with E-state index < -0.39 is 0 Å². The quantitative estimate of drug-likeness (QED) is 0.746. The van der Waals surface area contributed by atoms with E-state index in [9.17, 15) is 4.79 Å². The molecule has 0 radical (unpaired) electrons. The number of nitrogens with zero attached hydrogens (tertiary/aromatic N) is 1. The average Bonchev–Trinajstić information content (AvgIpc) is 2.73. The summed E-state index contributed by atoms with van der Waals surface area (Å²) in [5.41, 5.74) is 1.14. The first-order chi connectivity index (χ1) is 8.72. The summed E-state index contributed by atoms with van der Waals surface area (Å²) in [6, 6.07) is 7.92. The van der Waals surface area contributed by atoms with E-state index in [1.807, 2.05) is 42.2 Å². The zero-order valence-electron chi connectivity index (χ0n) is 10.8. The molecule has 18 heavy (non-hydrogen) atoms. The van der Waals surface area contributed by atoms with E-state index in [0.717, 1.165) is 17.9 Å². The van der Waals surface area contributed by atoms with Crippen molar-refractivity contribution in [3.8, 4) is 5.75 Å². The van der Waals surface area contributed by atoms with Gasteiger partial charge in [0.15, 0.2) is 0 Å². The molecule has 1 heterocycles. The Balaban J connectivity index is 1.97. The molecule has 0 saturated carbocycles. The molecule has 1 aromatic carbocycles. The third kappa shape index (κ3) is 2.92. The van der Waals surface area contributed by atoms with E-state index in [2.05, 4.69) is 6.58 Å². The third-order valence-corrected chi connectivity index (χ3v) is 3.19. The zero-order chi connectivity index (χ0) is 13.0. The monoisotopic (exact) mass is 245 g/mol. The van der Waals surface area contributed by atoms with Gasteiger partial charge in [-0.05, 0) is 24.6 Å². The number of rotatable bonds is 5. The minimum absolute atomic E-state index is 0.216. The molecule has 1 unspecified atom stereocenters. The van der Waals surface area contributed by atoms with Crippen LogP contribution in [0.3, 0.4) is 0 Å². The molecule has 1 aliphatic rings. The summed E-state index contributed by atoms with van der Waals surface area (Å²) < 4.78 is 5.39. The topological polar surface area (TPSA) is 29.5 Å². The highest BCUT2D eigenvalue weighted by atomic mass is 16.5. The highest BCUT2D eigenvalue weighted by Crippen LogP contribution is 2.21. The van der Waals surface area contributed by atoms with Gasteiger partial charge in [0.25, 0.3) is 0 Å². The molecule has 2 rings (SSSR count). The Morgan fingerprint density at radius 3 is 2.72 bits per heavy atom. The van der Waals surface area contributed by atoms with Gasteiger partial charge in [-0.3, -0.25) is 4.79 Å². The lowest BCUT2D eigenvalue weighted by atomic mass is 10.1. The third-order valence-electron chi connectivity index (χ3n) is 3.19. The molecule has 1 aliphatic heterocycles. The van der Waals surface area contributed by atoms with Crippen molar-refractivity contribution >= 4 is 5.91 Å². The summed E-state index contributed by atoms with van der Waals surface area (Å²) in [4.78, 5) is 13.7. The molecule has 3 heteroatoms. The Hall–Kier alpha value is -1.77. The lowest BCUT2D eigenvalue weighted by Crippen LogP contribution is -2.24. The van der Waals surface area contributed by atoms with E-state index in [-0.39, 0.29) is 5.91 Å². The van der Waals surface area contributed by atoms with E-state index >= 15 is 0 Å². The largest absolute Gasteiger partial charge is 0.494 e. The summed E-state index contributed by atoms with van der Waals surface area (Å²) in [7, 11) is 0. The Labute approximate surface area is 108 Å². The van der Waals surface area contributed by atoms with Crippen molar-refractivity contribution in [1.29, 1.82) is 0 Å². The lowest BCUT2D eigenvalue weighted by molar-refractivity contribution is -0.128. The van der Waals surface area contributed by atoms with Gasteiger partial charge in [0.05, 0.1) is 6.61 Å². The molecule has 1 aromatic rings. The molecule has 0 aliphatic carbocycles. The number of likely N-dealkylation sites (tertiary alicyclic amines) is 1. The fraction of sp³-hybridized carbons (Fsp3) is 0.400. The lowest BCUT2D eigenvalue weighted by Gasteiger charge is -2.16. The van der Waals surface area contributed by atoms with Crippen LogP contribution in [-0.2, 0) is 11.3 Å². The second-order valence-corrected chi connectivity index (χ2v) is 4.55. The van der Waals surface area contributed by atoms with E-state index in [1.54, 1.807) is 0 Å². The Morgan fingerprint density at radius 2 is 2.17 bits per heavy atom. The van der Waals surface area contributed by atoms with Crippen molar-refractivity contribution in [2.75, 3.05) is 13.2 Å². The van der Waals surface area contributed by atoms with Crippen LogP contribution in [0.4, 0.5) is 0 Å². The van der Waals surface area contributed by atoms with Crippen LogP contribution in [-0.4, -0.2) is 24.0 Å². The molecule has 3 nitrogen and oxygen atoms in total. The summed E-state index contributed by atoms with van der Waals surface area (Å²) >= 11 is 0. The highest BCUT2D eigenvalue weighted by molar-refractivity contribution is 5.79. The van der Waals surface area contributed by atoms with Gasteiger partial charge >= 0.3 is 0 Å². The number of amides is 1. The molecule has 96 valence electrons.